The van der Waals surface area contributed by atoms with Crippen LogP contribution in [0.1, 0.15) is 11.1 Å². The number of nitriles is 1. The molecule has 5 heteroatoms. The third kappa shape index (κ3) is 2.74. The highest BCUT2D eigenvalue weighted by Gasteiger charge is 2.02. The zero-order chi connectivity index (χ0) is 12.3. The van der Waals surface area contributed by atoms with Gasteiger partial charge in [0.15, 0.2) is 5.16 Å². The fourth-order valence-electron chi connectivity index (χ4n) is 1.34. The minimum atomic E-state index is -0.173. The molecule has 1 aromatic heterocycles. The molecule has 4 nitrogen and oxygen atoms in total. The van der Waals surface area contributed by atoms with E-state index < -0.39 is 0 Å². The van der Waals surface area contributed by atoms with E-state index in [1.165, 1.54) is 24.0 Å². The van der Waals surface area contributed by atoms with Crippen LogP contribution in [0, 0.1) is 18.3 Å². The first-order chi connectivity index (χ1) is 8.19. The number of benzene rings is 1. The zero-order valence-electron chi connectivity index (χ0n) is 9.10. The van der Waals surface area contributed by atoms with Crippen LogP contribution in [0.4, 0.5) is 0 Å². The van der Waals surface area contributed by atoms with Gasteiger partial charge in [-0.2, -0.15) is 5.26 Å². The molecule has 0 atom stereocenters. The molecule has 0 fully saturated rings. The SMILES string of the molecule is Cc1cc(Sc2nccc(=O)[nH]2)ccc1C#N. The third-order valence-electron chi connectivity index (χ3n) is 2.18. The maximum absolute atomic E-state index is 11.1. The number of nitrogens with one attached hydrogen (secondary N) is 1. The maximum atomic E-state index is 11.1. The third-order valence-corrected chi connectivity index (χ3v) is 3.07. The molecular formula is C12H9N3OS. The first-order valence-electron chi connectivity index (χ1n) is 4.93. The summed E-state index contributed by atoms with van der Waals surface area (Å²) >= 11 is 1.36. The Morgan fingerprint density at radius 2 is 2.24 bits per heavy atom. The van der Waals surface area contributed by atoms with Gasteiger partial charge in [-0.25, -0.2) is 4.98 Å². The van der Waals surface area contributed by atoms with Crippen LogP contribution in [0.5, 0.6) is 0 Å². The van der Waals surface area contributed by atoms with Gasteiger partial charge in [-0.15, -0.1) is 0 Å². The number of nitrogens with zero attached hydrogens (tertiary/aromatic N) is 2. The van der Waals surface area contributed by atoms with Crippen LogP contribution in [0.15, 0.2) is 45.3 Å². The smallest absolute Gasteiger partial charge is 0.251 e. The largest absolute Gasteiger partial charge is 0.301 e. The van der Waals surface area contributed by atoms with Crippen molar-refractivity contribution in [2.75, 3.05) is 0 Å². The van der Waals surface area contributed by atoms with E-state index in [1.807, 2.05) is 19.1 Å². The van der Waals surface area contributed by atoms with E-state index in [2.05, 4.69) is 16.0 Å². The zero-order valence-corrected chi connectivity index (χ0v) is 9.91. The van der Waals surface area contributed by atoms with Gasteiger partial charge in [-0.1, -0.05) is 11.8 Å². The molecule has 0 aliphatic rings. The molecule has 0 spiro atoms. The van der Waals surface area contributed by atoms with Gasteiger partial charge in [0.2, 0.25) is 0 Å². The van der Waals surface area contributed by atoms with E-state index in [0.29, 0.717) is 10.7 Å². The first kappa shape index (κ1) is 11.4. The average Bonchev–Trinajstić information content (AvgIpc) is 2.29. The molecule has 1 aromatic carbocycles. The second kappa shape index (κ2) is 4.85. The number of H-pyrrole nitrogens is 1. The van der Waals surface area contributed by atoms with Crippen molar-refractivity contribution in [2.45, 2.75) is 17.0 Å². The van der Waals surface area contributed by atoms with E-state index in [1.54, 1.807) is 6.07 Å². The van der Waals surface area contributed by atoms with Crippen LogP contribution in [-0.2, 0) is 0 Å². The Morgan fingerprint density at radius 1 is 1.41 bits per heavy atom. The number of hydrogen-bond acceptors (Lipinski definition) is 4. The Kier molecular flexibility index (Phi) is 3.26. The predicted molar refractivity (Wildman–Crippen MR) is 64.9 cm³/mol. The highest BCUT2D eigenvalue weighted by atomic mass is 32.2. The van der Waals surface area contributed by atoms with E-state index in [4.69, 9.17) is 5.26 Å². The normalized spacial score (nSPS) is 9.88. The van der Waals surface area contributed by atoms with Crippen molar-refractivity contribution < 1.29 is 0 Å². The summed E-state index contributed by atoms with van der Waals surface area (Å²) in [5, 5.41) is 9.36. The topological polar surface area (TPSA) is 69.5 Å². The van der Waals surface area contributed by atoms with Crippen LogP contribution >= 0.6 is 11.8 Å². The van der Waals surface area contributed by atoms with Crippen molar-refractivity contribution in [3.05, 3.63) is 51.9 Å². The molecule has 0 radical (unpaired) electrons. The number of hydrogen-bond donors (Lipinski definition) is 1. The minimum absolute atomic E-state index is 0.173. The second-order valence-corrected chi connectivity index (χ2v) is 4.49. The fourth-order valence-corrected chi connectivity index (χ4v) is 2.20. The Labute approximate surface area is 102 Å². The summed E-state index contributed by atoms with van der Waals surface area (Å²) < 4.78 is 0. The molecule has 2 rings (SSSR count). The summed E-state index contributed by atoms with van der Waals surface area (Å²) in [5.41, 5.74) is 1.40. The number of aromatic amines is 1. The molecule has 0 saturated heterocycles. The Hall–Kier alpha value is -2.06. The molecule has 84 valence electrons. The molecule has 1 heterocycles. The predicted octanol–water partition coefficient (Wildman–Crippen LogP) is 2.10. The lowest BCUT2D eigenvalue weighted by Gasteiger charge is -2.02. The minimum Gasteiger partial charge on any atom is -0.301 e. The van der Waals surface area contributed by atoms with Crippen LogP contribution in [-0.4, -0.2) is 9.97 Å². The first-order valence-corrected chi connectivity index (χ1v) is 5.74. The standard InChI is InChI=1S/C12H9N3OS/c1-8-6-10(3-2-9(8)7-13)17-12-14-5-4-11(16)15-12/h2-6H,1H3,(H,14,15,16). The Bertz CT molecular complexity index is 643. The van der Waals surface area contributed by atoms with Crippen molar-refractivity contribution in [1.29, 1.82) is 5.26 Å². The number of aromatic nitrogens is 2. The Balaban J connectivity index is 2.28. The van der Waals surface area contributed by atoms with Gasteiger partial charge in [0, 0.05) is 17.2 Å². The highest BCUT2D eigenvalue weighted by molar-refractivity contribution is 7.99. The summed E-state index contributed by atoms with van der Waals surface area (Å²) in [6, 6.07) is 8.98. The van der Waals surface area contributed by atoms with Gasteiger partial charge in [0.05, 0.1) is 11.6 Å². The molecule has 0 unspecified atom stereocenters. The van der Waals surface area contributed by atoms with Crippen molar-refractivity contribution in [3.8, 4) is 6.07 Å². The van der Waals surface area contributed by atoms with Gasteiger partial charge in [0.25, 0.3) is 5.56 Å². The quantitative estimate of drug-likeness (QED) is 0.820. The lowest BCUT2D eigenvalue weighted by atomic mass is 10.1. The molecule has 0 bridgehead atoms. The van der Waals surface area contributed by atoms with Crippen molar-refractivity contribution in [3.63, 3.8) is 0 Å². The highest BCUT2D eigenvalue weighted by Crippen LogP contribution is 2.25. The van der Waals surface area contributed by atoms with Gasteiger partial charge in [0.1, 0.15) is 0 Å². The molecular weight excluding hydrogens is 234 g/mol. The van der Waals surface area contributed by atoms with Crippen LogP contribution in [0.2, 0.25) is 0 Å². The molecule has 0 amide bonds. The summed E-state index contributed by atoms with van der Waals surface area (Å²) in [7, 11) is 0. The van der Waals surface area contributed by atoms with Crippen LogP contribution < -0.4 is 5.56 Å². The van der Waals surface area contributed by atoms with Crippen molar-refractivity contribution in [1.82, 2.24) is 9.97 Å². The van der Waals surface area contributed by atoms with E-state index >= 15 is 0 Å². The van der Waals surface area contributed by atoms with Gasteiger partial charge < -0.3 is 4.98 Å². The number of rotatable bonds is 2. The van der Waals surface area contributed by atoms with Crippen molar-refractivity contribution >= 4 is 11.8 Å². The Morgan fingerprint density at radius 3 is 2.88 bits per heavy atom. The molecule has 0 aliphatic heterocycles. The summed E-state index contributed by atoms with van der Waals surface area (Å²) in [6.45, 7) is 1.88. The molecule has 1 N–H and O–H groups in total. The lowest BCUT2D eigenvalue weighted by molar-refractivity contribution is 0.936. The molecule has 0 aliphatic carbocycles. The molecule has 17 heavy (non-hydrogen) atoms. The average molecular weight is 243 g/mol. The summed E-state index contributed by atoms with van der Waals surface area (Å²) in [5.74, 6) is 0. The lowest BCUT2D eigenvalue weighted by Crippen LogP contribution is -2.04. The fraction of sp³-hybridized carbons (Fsp3) is 0.0833. The van der Waals surface area contributed by atoms with E-state index in [9.17, 15) is 4.79 Å². The van der Waals surface area contributed by atoms with Gasteiger partial charge in [-0.3, -0.25) is 4.79 Å². The van der Waals surface area contributed by atoms with E-state index in [-0.39, 0.29) is 5.56 Å². The van der Waals surface area contributed by atoms with Crippen LogP contribution in [0.25, 0.3) is 0 Å². The van der Waals surface area contributed by atoms with Crippen LogP contribution in [0.3, 0.4) is 0 Å². The van der Waals surface area contributed by atoms with Gasteiger partial charge in [-0.05, 0) is 30.7 Å². The molecule has 2 aromatic rings. The summed E-state index contributed by atoms with van der Waals surface area (Å²) in [4.78, 5) is 18.7. The van der Waals surface area contributed by atoms with E-state index in [0.717, 1.165) is 10.5 Å². The summed E-state index contributed by atoms with van der Waals surface area (Å²) in [6.07, 6.45) is 1.47. The van der Waals surface area contributed by atoms with Crippen molar-refractivity contribution in [2.24, 2.45) is 0 Å². The molecule has 0 saturated carbocycles. The second-order valence-electron chi connectivity index (χ2n) is 3.43. The monoisotopic (exact) mass is 243 g/mol. The number of aryl methyl sites for hydroxylation is 1. The maximum Gasteiger partial charge on any atom is 0.251 e. The van der Waals surface area contributed by atoms with Gasteiger partial charge >= 0.3 is 0 Å².